The second-order valence-electron chi connectivity index (χ2n) is 5.85. The summed E-state index contributed by atoms with van der Waals surface area (Å²) in [5, 5.41) is 9.12. The minimum atomic E-state index is -1.11. The molecule has 1 rings (SSSR count). The van der Waals surface area contributed by atoms with Crippen LogP contribution < -0.4 is 5.73 Å². The van der Waals surface area contributed by atoms with E-state index in [1.165, 1.54) is 0 Å². The number of hydrogen-bond acceptors (Lipinski definition) is 4. The quantitative estimate of drug-likeness (QED) is 0.683. The molecule has 0 aliphatic rings. The number of aryl methyl sites for hydroxylation is 1. The number of carboxylic acid groups (broad SMARTS) is 1. The first-order chi connectivity index (χ1) is 10.4. The predicted octanol–water partition coefficient (Wildman–Crippen LogP) is 2.24. The van der Waals surface area contributed by atoms with Crippen molar-refractivity contribution in [1.82, 2.24) is 0 Å². The van der Waals surface area contributed by atoms with Gasteiger partial charge in [-0.25, -0.2) is 4.79 Å². The van der Waals surface area contributed by atoms with Crippen LogP contribution in [0.25, 0.3) is 0 Å². The van der Waals surface area contributed by atoms with Crippen molar-refractivity contribution in [3.05, 3.63) is 35.9 Å². The lowest BCUT2D eigenvalue weighted by Crippen LogP contribution is -2.34. The minimum absolute atomic E-state index is 0.134. The van der Waals surface area contributed by atoms with Gasteiger partial charge in [0.1, 0.15) is 0 Å². The molecule has 5 nitrogen and oxygen atoms in total. The Bertz CT molecular complexity index is 473. The van der Waals surface area contributed by atoms with Gasteiger partial charge in [0, 0.05) is 6.54 Å². The number of carbonyl (C=O) groups excluding carboxylic acids is 1. The molecule has 0 aliphatic heterocycles. The van der Waals surface area contributed by atoms with E-state index >= 15 is 0 Å². The minimum Gasteiger partial charge on any atom is -0.479 e. The van der Waals surface area contributed by atoms with Gasteiger partial charge in [0.15, 0.2) is 6.10 Å². The molecule has 0 saturated carbocycles. The first-order valence-electron chi connectivity index (χ1n) is 7.61. The third-order valence-electron chi connectivity index (χ3n) is 3.46. The fraction of sp³-hybridized carbons (Fsp3) is 0.529. The van der Waals surface area contributed by atoms with Crippen molar-refractivity contribution in [3.8, 4) is 0 Å². The zero-order valence-electron chi connectivity index (χ0n) is 13.2. The third kappa shape index (κ3) is 6.26. The predicted molar refractivity (Wildman–Crippen MR) is 84.3 cm³/mol. The van der Waals surface area contributed by atoms with E-state index < -0.39 is 24.0 Å². The third-order valence-corrected chi connectivity index (χ3v) is 3.46. The van der Waals surface area contributed by atoms with E-state index in [-0.39, 0.29) is 12.5 Å². The highest BCUT2D eigenvalue weighted by Gasteiger charge is 2.27. The van der Waals surface area contributed by atoms with Gasteiger partial charge in [-0.05, 0) is 30.7 Å². The Balaban J connectivity index is 2.57. The highest BCUT2D eigenvalue weighted by molar-refractivity contribution is 5.79. The summed E-state index contributed by atoms with van der Waals surface area (Å²) in [4.78, 5) is 23.3. The summed E-state index contributed by atoms with van der Waals surface area (Å²) in [7, 11) is 0. The maximum absolute atomic E-state index is 12.1. The van der Waals surface area contributed by atoms with Crippen LogP contribution >= 0.6 is 0 Å². The summed E-state index contributed by atoms with van der Waals surface area (Å²) >= 11 is 0. The number of carboxylic acids is 1. The molecule has 0 aliphatic carbocycles. The summed E-state index contributed by atoms with van der Waals surface area (Å²) < 4.78 is 5.15. The van der Waals surface area contributed by atoms with Gasteiger partial charge in [0.2, 0.25) is 0 Å². The average Bonchev–Trinajstić information content (AvgIpc) is 2.47. The molecular weight excluding hydrogens is 282 g/mol. The van der Waals surface area contributed by atoms with Crippen LogP contribution in [0.2, 0.25) is 0 Å². The molecule has 1 aromatic rings. The van der Waals surface area contributed by atoms with Gasteiger partial charge in [0.05, 0.1) is 5.92 Å². The lowest BCUT2D eigenvalue weighted by Gasteiger charge is -2.19. The molecule has 0 radical (unpaired) electrons. The fourth-order valence-electron chi connectivity index (χ4n) is 2.18. The molecule has 22 heavy (non-hydrogen) atoms. The highest BCUT2D eigenvalue weighted by atomic mass is 16.6. The number of ether oxygens (including phenoxy) is 1. The zero-order chi connectivity index (χ0) is 16.5. The molecule has 5 heteroatoms. The number of hydrogen-bond donors (Lipinski definition) is 2. The van der Waals surface area contributed by atoms with Crippen LogP contribution in [0, 0.1) is 11.8 Å². The summed E-state index contributed by atoms with van der Waals surface area (Å²) in [6.07, 6.45) is 0.461. The second-order valence-corrected chi connectivity index (χ2v) is 5.85. The van der Waals surface area contributed by atoms with Crippen molar-refractivity contribution in [2.45, 2.75) is 39.2 Å². The van der Waals surface area contributed by atoms with Crippen LogP contribution in [-0.2, 0) is 20.7 Å². The van der Waals surface area contributed by atoms with Gasteiger partial charge in [-0.3, -0.25) is 4.79 Å². The summed E-state index contributed by atoms with van der Waals surface area (Å²) in [6.45, 7) is 3.93. The lowest BCUT2D eigenvalue weighted by atomic mass is 9.99. The summed E-state index contributed by atoms with van der Waals surface area (Å²) in [5.74, 6) is -1.98. The monoisotopic (exact) mass is 307 g/mol. The normalized spacial score (nSPS) is 13.6. The molecule has 122 valence electrons. The number of nitrogens with two attached hydrogens (primary N) is 1. The number of carbonyl (C=O) groups is 2. The fourth-order valence-corrected chi connectivity index (χ4v) is 2.18. The van der Waals surface area contributed by atoms with Gasteiger partial charge < -0.3 is 15.6 Å². The Morgan fingerprint density at radius 1 is 1.23 bits per heavy atom. The molecule has 1 aromatic carbocycles. The first-order valence-corrected chi connectivity index (χ1v) is 7.61. The Morgan fingerprint density at radius 3 is 2.36 bits per heavy atom. The smallest absolute Gasteiger partial charge is 0.345 e. The maximum atomic E-state index is 12.1. The van der Waals surface area contributed by atoms with Gasteiger partial charge in [0.25, 0.3) is 0 Å². The molecule has 0 heterocycles. The van der Waals surface area contributed by atoms with Crippen molar-refractivity contribution >= 4 is 11.9 Å². The molecule has 0 fully saturated rings. The number of benzene rings is 1. The van der Waals surface area contributed by atoms with Crippen LogP contribution in [0.5, 0.6) is 0 Å². The Kier molecular flexibility index (Phi) is 7.60. The summed E-state index contributed by atoms with van der Waals surface area (Å²) in [6, 6.07) is 9.78. The Hall–Kier alpha value is -1.88. The number of rotatable bonds is 9. The van der Waals surface area contributed by atoms with Crippen LogP contribution in [0.1, 0.15) is 32.3 Å². The van der Waals surface area contributed by atoms with Crippen molar-refractivity contribution in [2.75, 3.05) is 6.54 Å². The zero-order valence-corrected chi connectivity index (χ0v) is 13.2. The molecule has 2 atom stereocenters. The lowest BCUT2D eigenvalue weighted by molar-refractivity contribution is -0.168. The molecule has 0 bridgehead atoms. The Labute approximate surface area is 131 Å². The van der Waals surface area contributed by atoms with E-state index in [1.807, 2.05) is 44.2 Å². The molecule has 0 saturated heterocycles. The van der Waals surface area contributed by atoms with Crippen molar-refractivity contribution in [3.63, 3.8) is 0 Å². The molecule has 1 unspecified atom stereocenters. The molecule has 0 spiro atoms. The van der Waals surface area contributed by atoms with E-state index in [0.29, 0.717) is 19.3 Å². The number of aliphatic carboxylic acids is 1. The van der Waals surface area contributed by atoms with Crippen molar-refractivity contribution < 1.29 is 19.4 Å². The van der Waals surface area contributed by atoms with Crippen molar-refractivity contribution in [1.29, 1.82) is 0 Å². The largest absolute Gasteiger partial charge is 0.479 e. The Morgan fingerprint density at radius 2 is 1.86 bits per heavy atom. The number of esters is 1. The molecule has 0 aromatic heterocycles. The van der Waals surface area contributed by atoms with Crippen molar-refractivity contribution in [2.24, 2.45) is 17.6 Å². The second kappa shape index (κ2) is 9.20. The molecular formula is C17H25NO4. The average molecular weight is 307 g/mol. The van der Waals surface area contributed by atoms with Crippen LogP contribution in [0.3, 0.4) is 0 Å². The van der Waals surface area contributed by atoms with Crippen LogP contribution in [0.15, 0.2) is 30.3 Å². The SMILES string of the molecule is CC(C)C[C@H](OC(=O)C(CN)CCc1ccccc1)C(=O)O. The molecule has 3 N–H and O–H groups in total. The molecule has 0 amide bonds. The van der Waals surface area contributed by atoms with Gasteiger partial charge in [-0.15, -0.1) is 0 Å². The van der Waals surface area contributed by atoms with Crippen LogP contribution in [-0.4, -0.2) is 29.7 Å². The first kappa shape index (κ1) is 18.2. The van der Waals surface area contributed by atoms with E-state index in [9.17, 15) is 9.59 Å². The van der Waals surface area contributed by atoms with E-state index in [1.54, 1.807) is 0 Å². The van der Waals surface area contributed by atoms with Gasteiger partial charge >= 0.3 is 11.9 Å². The van der Waals surface area contributed by atoms with E-state index in [0.717, 1.165) is 5.56 Å². The topological polar surface area (TPSA) is 89.6 Å². The van der Waals surface area contributed by atoms with Gasteiger partial charge in [-0.2, -0.15) is 0 Å². The van der Waals surface area contributed by atoms with Gasteiger partial charge in [-0.1, -0.05) is 44.2 Å². The summed E-state index contributed by atoms with van der Waals surface area (Å²) in [5.41, 5.74) is 6.76. The van der Waals surface area contributed by atoms with E-state index in [2.05, 4.69) is 0 Å². The maximum Gasteiger partial charge on any atom is 0.345 e. The van der Waals surface area contributed by atoms with Crippen LogP contribution in [0.4, 0.5) is 0 Å². The highest BCUT2D eigenvalue weighted by Crippen LogP contribution is 2.15. The standard InChI is InChI=1S/C17H25NO4/c1-12(2)10-15(16(19)20)22-17(21)14(11-18)9-8-13-6-4-3-5-7-13/h3-7,12,14-15H,8-11,18H2,1-2H3,(H,19,20)/t14?,15-/m0/s1. The van der Waals surface area contributed by atoms with E-state index in [4.69, 9.17) is 15.6 Å².